The zero-order valence-electron chi connectivity index (χ0n) is 16.6. The number of likely N-dealkylation sites (tertiary alicyclic amines) is 1. The molecule has 4 rings (SSSR count). The van der Waals surface area contributed by atoms with E-state index in [-0.39, 0.29) is 23.7 Å². The Bertz CT molecular complexity index is 676. The highest BCUT2D eigenvalue weighted by atomic mass is 16.6. The van der Waals surface area contributed by atoms with E-state index < -0.39 is 11.7 Å². The zero-order chi connectivity index (χ0) is 19.2. The highest BCUT2D eigenvalue weighted by molar-refractivity contribution is 5.69. The number of hydrogen-bond acceptors (Lipinski definition) is 5. The predicted octanol–water partition coefficient (Wildman–Crippen LogP) is 3.26. The summed E-state index contributed by atoms with van der Waals surface area (Å²) in [5, 5.41) is 15.1. The van der Waals surface area contributed by atoms with Crippen molar-refractivity contribution in [1.29, 1.82) is 0 Å². The lowest BCUT2D eigenvalue weighted by atomic mass is 9.56. The van der Waals surface area contributed by atoms with Crippen molar-refractivity contribution >= 4 is 6.09 Å². The molecular formula is C20H31N3O4. The van der Waals surface area contributed by atoms with Gasteiger partial charge < -0.3 is 19.5 Å². The minimum atomic E-state index is -0.497. The Kier molecular flexibility index (Phi) is 4.71. The second-order valence-corrected chi connectivity index (χ2v) is 9.52. The third-order valence-electron chi connectivity index (χ3n) is 5.95. The molecule has 2 aliphatic heterocycles. The Balaban J connectivity index is 1.27. The van der Waals surface area contributed by atoms with Crippen LogP contribution in [-0.2, 0) is 9.47 Å². The van der Waals surface area contributed by atoms with Gasteiger partial charge in [0.2, 0.25) is 0 Å². The molecule has 0 bridgehead atoms. The van der Waals surface area contributed by atoms with Crippen LogP contribution in [0.3, 0.4) is 0 Å². The second kappa shape index (κ2) is 6.78. The lowest BCUT2D eigenvalue weighted by Gasteiger charge is -2.59. The standard InChI is InChI=1S/C20H31N3O4/c1-19(2,3)27-18(25)22-12-20(13-22)8-14(9-20)17(24)15-10-21-23(11-15)16-6-4-5-7-26-16/h10-11,14,16-17,24H,4-9,12-13H2,1-3H3. The third-order valence-corrected chi connectivity index (χ3v) is 5.95. The second-order valence-electron chi connectivity index (χ2n) is 9.52. The first kappa shape index (κ1) is 18.7. The van der Waals surface area contributed by atoms with Crippen LogP contribution in [0.1, 0.15) is 70.8 Å². The quantitative estimate of drug-likeness (QED) is 0.875. The van der Waals surface area contributed by atoms with Gasteiger partial charge in [0, 0.05) is 36.9 Å². The van der Waals surface area contributed by atoms with Gasteiger partial charge in [0.15, 0.2) is 0 Å². The summed E-state index contributed by atoms with van der Waals surface area (Å²) >= 11 is 0. The van der Waals surface area contributed by atoms with Crippen LogP contribution >= 0.6 is 0 Å². The van der Waals surface area contributed by atoms with Crippen molar-refractivity contribution in [2.75, 3.05) is 19.7 Å². The van der Waals surface area contributed by atoms with Gasteiger partial charge in [-0.25, -0.2) is 9.48 Å². The lowest BCUT2D eigenvalue weighted by molar-refractivity contribution is -0.123. The number of amides is 1. The largest absolute Gasteiger partial charge is 0.444 e. The molecule has 2 atom stereocenters. The van der Waals surface area contributed by atoms with E-state index in [2.05, 4.69) is 5.10 Å². The summed E-state index contributed by atoms with van der Waals surface area (Å²) in [6.45, 7) is 7.90. The predicted molar refractivity (Wildman–Crippen MR) is 99.0 cm³/mol. The monoisotopic (exact) mass is 377 g/mol. The van der Waals surface area contributed by atoms with Gasteiger partial charge in [-0.3, -0.25) is 0 Å². The molecule has 2 saturated heterocycles. The molecule has 2 unspecified atom stereocenters. The molecule has 3 aliphatic rings. The molecule has 0 radical (unpaired) electrons. The van der Waals surface area contributed by atoms with Gasteiger partial charge in [-0.15, -0.1) is 0 Å². The fourth-order valence-corrected chi connectivity index (χ4v) is 4.62. The Morgan fingerprint density at radius 2 is 2.11 bits per heavy atom. The lowest BCUT2D eigenvalue weighted by Crippen LogP contribution is -2.64. The van der Waals surface area contributed by atoms with E-state index in [1.165, 1.54) is 0 Å². The Hall–Kier alpha value is -1.60. The molecule has 1 N–H and O–H groups in total. The van der Waals surface area contributed by atoms with Gasteiger partial charge in [0.05, 0.1) is 12.3 Å². The van der Waals surface area contributed by atoms with E-state index >= 15 is 0 Å². The smallest absolute Gasteiger partial charge is 0.410 e. The SMILES string of the molecule is CC(C)(C)OC(=O)N1CC2(CC(C(O)c3cnn(C4CCCCO4)c3)C2)C1. The molecule has 3 heterocycles. The maximum absolute atomic E-state index is 12.1. The molecule has 3 fully saturated rings. The topological polar surface area (TPSA) is 76.8 Å². The van der Waals surface area contributed by atoms with Gasteiger partial charge in [0.1, 0.15) is 11.8 Å². The van der Waals surface area contributed by atoms with Crippen molar-refractivity contribution in [2.45, 2.75) is 70.8 Å². The van der Waals surface area contributed by atoms with Crippen LogP contribution in [0.25, 0.3) is 0 Å². The van der Waals surface area contributed by atoms with Crippen LogP contribution in [0.5, 0.6) is 0 Å². The van der Waals surface area contributed by atoms with Crippen LogP contribution in [0.15, 0.2) is 12.4 Å². The molecule has 1 aliphatic carbocycles. The highest BCUT2D eigenvalue weighted by Gasteiger charge is 2.56. The van der Waals surface area contributed by atoms with Gasteiger partial charge in [-0.1, -0.05) is 0 Å². The maximum Gasteiger partial charge on any atom is 0.410 e. The fourth-order valence-electron chi connectivity index (χ4n) is 4.62. The first-order valence-corrected chi connectivity index (χ1v) is 10.1. The number of aliphatic hydroxyl groups excluding tert-OH is 1. The van der Waals surface area contributed by atoms with Crippen LogP contribution in [0.2, 0.25) is 0 Å². The van der Waals surface area contributed by atoms with Crippen LogP contribution < -0.4 is 0 Å². The summed E-state index contributed by atoms with van der Waals surface area (Å²) in [6, 6.07) is 0. The number of carbonyl (C=O) groups excluding carboxylic acids is 1. The van der Waals surface area contributed by atoms with Gasteiger partial charge in [0.25, 0.3) is 0 Å². The van der Waals surface area contributed by atoms with E-state index in [9.17, 15) is 9.90 Å². The Morgan fingerprint density at radius 1 is 1.37 bits per heavy atom. The van der Waals surface area contributed by atoms with Gasteiger partial charge in [-0.05, 0) is 58.8 Å². The van der Waals surface area contributed by atoms with E-state index in [4.69, 9.17) is 9.47 Å². The maximum atomic E-state index is 12.1. The summed E-state index contributed by atoms with van der Waals surface area (Å²) in [6.07, 6.45) is 8.10. The minimum absolute atomic E-state index is 0.00134. The molecular weight excluding hydrogens is 346 g/mol. The molecule has 27 heavy (non-hydrogen) atoms. The normalized spacial score (nSPS) is 26.4. The van der Waals surface area contributed by atoms with E-state index in [1.54, 1.807) is 11.1 Å². The third kappa shape index (κ3) is 3.85. The van der Waals surface area contributed by atoms with Crippen LogP contribution in [-0.4, -0.2) is 51.2 Å². The summed E-state index contributed by atoms with van der Waals surface area (Å²) in [7, 11) is 0. The molecule has 1 spiro atoms. The first-order valence-electron chi connectivity index (χ1n) is 10.1. The van der Waals surface area contributed by atoms with E-state index in [1.807, 2.05) is 31.6 Å². The Labute approximate surface area is 160 Å². The molecule has 7 nitrogen and oxygen atoms in total. The van der Waals surface area contributed by atoms with Crippen molar-refractivity contribution in [3.05, 3.63) is 18.0 Å². The number of aromatic nitrogens is 2. The number of nitrogens with zero attached hydrogens (tertiary/aromatic N) is 3. The van der Waals surface area contributed by atoms with Gasteiger partial charge >= 0.3 is 6.09 Å². The fraction of sp³-hybridized carbons (Fsp3) is 0.800. The molecule has 1 amide bonds. The molecule has 1 aromatic heterocycles. The zero-order valence-corrected chi connectivity index (χ0v) is 16.6. The number of aliphatic hydroxyl groups is 1. The number of rotatable bonds is 3. The molecule has 150 valence electrons. The van der Waals surface area contributed by atoms with Crippen molar-refractivity contribution < 1.29 is 19.4 Å². The average Bonchev–Trinajstić information content (AvgIpc) is 3.01. The number of carbonyl (C=O) groups is 1. The number of ether oxygens (including phenoxy) is 2. The van der Waals surface area contributed by atoms with E-state index in [0.717, 1.165) is 57.4 Å². The van der Waals surface area contributed by atoms with Gasteiger partial charge in [-0.2, -0.15) is 5.10 Å². The van der Waals surface area contributed by atoms with Crippen LogP contribution in [0.4, 0.5) is 4.79 Å². The van der Waals surface area contributed by atoms with E-state index in [0.29, 0.717) is 0 Å². The van der Waals surface area contributed by atoms with Crippen LogP contribution in [0, 0.1) is 11.3 Å². The highest BCUT2D eigenvalue weighted by Crippen LogP contribution is 2.55. The first-order chi connectivity index (χ1) is 12.7. The average molecular weight is 377 g/mol. The molecule has 7 heteroatoms. The molecule has 1 aromatic rings. The minimum Gasteiger partial charge on any atom is -0.444 e. The van der Waals surface area contributed by atoms with Crippen molar-refractivity contribution in [3.63, 3.8) is 0 Å². The summed E-state index contributed by atoms with van der Waals surface area (Å²) < 4.78 is 13.0. The summed E-state index contributed by atoms with van der Waals surface area (Å²) in [4.78, 5) is 13.9. The summed E-state index contributed by atoms with van der Waals surface area (Å²) in [5.41, 5.74) is 0.582. The number of hydrogen-bond donors (Lipinski definition) is 1. The Morgan fingerprint density at radius 3 is 2.74 bits per heavy atom. The molecule has 0 aromatic carbocycles. The van der Waals surface area contributed by atoms with Crippen molar-refractivity contribution in [2.24, 2.45) is 11.3 Å². The summed E-state index contributed by atoms with van der Waals surface area (Å²) in [5.74, 6) is 0.232. The molecule has 1 saturated carbocycles. The van der Waals surface area contributed by atoms with Crippen molar-refractivity contribution in [1.82, 2.24) is 14.7 Å². The van der Waals surface area contributed by atoms with Crippen molar-refractivity contribution in [3.8, 4) is 0 Å².